The van der Waals surface area contributed by atoms with E-state index >= 15 is 0 Å². The van der Waals surface area contributed by atoms with Gasteiger partial charge in [-0.1, -0.05) is 12.1 Å². The topological polar surface area (TPSA) is 84.7 Å². The third kappa shape index (κ3) is 3.81. The highest BCUT2D eigenvalue weighted by Crippen LogP contribution is 2.44. The number of halogens is 1. The van der Waals surface area contributed by atoms with E-state index < -0.39 is 0 Å². The quantitative estimate of drug-likeness (QED) is 0.190. The minimum Gasteiger partial charge on any atom is -1.00 e. The zero-order valence-corrected chi connectivity index (χ0v) is 19.5. The second kappa shape index (κ2) is 8.97. The highest BCUT2D eigenvalue weighted by molar-refractivity contribution is 6.04. The summed E-state index contributed by atoms with van der Waals surface area (Å²) in [6, 6.07) is 24.3. The largest absolute Gasteiger partial charge is 1.00 e. The first-order valence-electron chi connectivity index (χ1n) is 10.0. The molecule has 1 aliphatic heterocycles. The molecule has 9 heteroatoms. The van der Waals surface area contributed by atoms with E-state index in [-0.39, 0.29) is 27.6 Å². The Morgan fingerprint density at radius 1 is 0.818 bits per heavy atom. The van der Waals surface area contributed by atoms with E-state index in [4.69, 9.17) is 9.47 Å². The van der Waals surface area contributed by atoms with Crippen molar-refractivity contribution < 1.29 is 36.8 Å². The second-order valence-electron chi connectivity index (χ2n) is 7.31. The lowest BCUT2D eigenvalue weighted by Gasteiger charge is -2.27. The van der Waals surface area contributed by atoms with E-state index in [0.29, 0.717) is 5.39 Å². The molecule has 0 radical (unpaired) electrons. The fraction of sp³-hybridized carbons (Fsp3) is 0.0833. The predicted octanol–water partition coefficient (Wildman–Crippen LogP) is 1.45. The molecule has 8 nitrogen and oxygen atoms in total. The maximum Gasteiger partial charge on any atom is 0.279 e. The van der Waals surface area contributed by atoms with Crippen molar-refractivity contribution in [2.75, 3.05) is 24.3 Å². The number of hydrazine groups is 1. The van der Waals surface area contributed by atoms with Crippen molar-refractivity contribution in [2.24, 2.45) is 0 Å². The van der Waals surface area contributed by atoms with Gasteiger partial charge in [-0.15, -0.1) is 5.12 Å². The fourth-order valence-electron chi connectivity index (χ4n) is 4.03. The normalized spacial score (nSPS) is 12.3. The zero-order chi connectivity index (χ0) is 22.2. The third-order valence-electron chi connectivity index (χ3n) is 5.59. The number of nitrogens with two attached hydrogens (primary N) is 1. The van der Waals surface area contributed by atoms with E-state index in [1.54, 1.807) is 26.4 Å². The number of nitro benzene ring substituents is 1. The van der Waals surface area contributed by atoms with Crippen molar-refractivity contribution in [3.8, 4) is 11.5 Å². The average Bonchev–Trinajstić information content (AvgIpc) is 3.23. The molecule has 0 amide bonds. The Bertz CT molecular complexity index is 1310. The summed E-state index contributed by atoms with van der Waals surface area (Å²) in [7, 11) is 3.24. The van der Waals surface area contributed by atoms with E-state index in [2.05, 4.69) is 0 Å². The zero-order valence-electron chi connectivity index (χ0n) is 17.9. The number of quaternary nitrogens is 1. The van der Waals surface area contributed by atoms with Crippen molar-refractivity contribution >= 4 is 39.2 Å². The molecular weight excluding hydrogens is 488 g/mol. The molecule has 33 heavy (non-hydrogen) atoms. The lowest BCUT2D eigenvalue weighted by molar-refractivity contribution is -0.575. The second-order valence-corrected chi connectivity index (χ2v) is 7.31. The molecule has 0 aliphatic carbocycles. The SMILES string of the molecule is COc1ccc(N2[NH2+]c3c(cc([N+](=O)[O-])c4ccccc34)N2c2ccc(OC)cc2)cc1.[Br-]. The van der Waals surface area contributed by atoms with Crippen LogP contribution in [0.1, 0.15) is 0 Å². The van der Waals surface area contributed by atoms with Crippen LogP contribution in [-0.2, 0) is 0 Å². The summed E-state index contributed by atoms with van der Waals surface area (Å²) >= 11 is 0. The summed E-state index contributed by atoms with van der Waals surface area (Å²) < 4.78 is 10.6. The number of nitro groups is 1. The van der Waals surface area contributed by atoms with Gasteiger partial charge in [0.05, 0.1) is 35.6 Å². The maximum absolute atomic E-state index is 11.9. The van der Waals surface area contributed by atoms with Crippen LogP contribution in [-0.4, -0.2) is 19.1 Å². The molecule has 2 N–H and O–H groups in total. The molecule has 5 rings (SSSR count). The summed E-state index contributed by atoms with van der Waals surface area (Å²) in [5.74, 6) is 1.49. The van der Waals surface area contributed by atoms with E-state index in [1.165, 1.54) is 0 Å². The standard InChI is InChI=1S/C24H20N4O4.BrH/c1-31-18-11-7-16(8-12-18)26-23-15-22(28(29)30)20-5-3-4-6-21(20)24(23)25-27(26)17-9-13-19(32-2)14-10-17;/h3-15,25H,1-2H3;1H. The van der Waals surface area contributed by atoms with Gasteiger partial charge in [0, 0.05) is 6.07 Å². The first-order valence-corrected chi connectivity index (χ1v) is 10.0. The number of hydrogen-bond donors (Lipinski definition) is 1. The molecule has 4 aromatic rings. The molecule has 0 saturated carbocycles. The van der Waals surface area contributed by atoms with Crippen LogP contribution < -0.4 is 42.0 Å². The molecule has 0 spiro atoms. The third-order valence-corrected chi connectivity index (χ3v) is 5.59. The Balaban J connectivity index is 0.00000259. The summed E-state index contributed by atoms with van der Waals surface area (Å²) in [6.45, 7) is 0. The van der Waals surface area contributed by atoms with Crippen LogP contribution >= 0.6 is 0 Å². The van der Waals surface area contributed by atoms with Crippen LogP contribution in [0.2, 0.25) is 0 Å². The van der Waals surface area contributed by atoms with Gasteiger partial charge in [0.15, 0.2) is 5.69 Å². The molecule has 4 aromatic carbocycles. The Labute approximate surface area is 200 Å². The van der Waals surface area contributed by atoms with E-state index in [9.17, 15) is 10.1 Å². The molecule has 0 bridgehead atoms. The summed E-state index contributed by atoms with van der Waals surface area (Å²) in [4.78, 5) is 11.6. The first-order chi connectivity index (χ1) is 15.6. The highest BCUT2D eigenvalue weighted by Gasteiger charge is 2.37. The van der Waals surface area contributed by atoms with Crippen LogP contribution in [0.25, 0.3) is 10.8 Å². The molecule has 0 atom stereocenters. The highest BCUT2D eigenvalue weighted by atomic mass is 79.9. The number of nitrogens with zero attached hydrogens (tertiary/aromatic N) is 3. The molecule has 1 aliphatic rings. The minimum atomic E-state index is -0.329. The first kappa shape index (κ1) is 22.4. The van der Waals surface area contributed by atoms with Gasteiger partial charge in [-0.2, -0.15) is 5.43 Å². The van der Waals surface area contributed by atoms with E-state index in [1.807, 2.05) is 82.3 Å². The molecule has 0 unspecified atom stereocenters. The monoisotopic (exact) mass is 508 g/mol. The average molecular weight is 509 g/mol. The van der Waals surface area contributed by atoms with Gasteiger partial charge in [0.25, 0.3) is 5.69 Å². The Hall–Kier alpha value is -3.82. The van der Waals surface area contributed by atoms with Gasteiger partial charge in [-0.05, 0) is 60.7 Å². The van der Waals surface area contributed by atoms with Crippen LogP contribution in [0, 0.1) is 10.1 Å². The summed E-state index contributed by atoms with van der Waals surface area (Å²) in [6.07, 6.45) is 0. The summed E-state index contributed by atoms with van der Waals surface area (Å²) in [5, 5.41) is 17.3. The van der Waals surface area contributed by atoms with Crippen molar-refractivity contribution in [1.29, 1.82) is 0 Å². The van der Waals surface area contributed by atoms with Gasteiger partial charge < -0.3 is 26.5 Å². The lowest BCUT2D eigenvalue weighted by atomic mass is 10.1. The number of non-ortho nitro benzene ring substituents is 1. The Kier molecular flexibility index (Phi) is 6.08. The van der Waals surface area contributed by atoms with Crippen LogP contribution in [0.5, 0.6) is 11.5 Å². The van der Waals surface area contributed by atoms with E-state index in [0.717, 1.165) is 39.6 Å². The van der Waals surface area contributed by atoms with Gasteiger partial charge in [-0.25, -0.2) is 5.01 Å². The minimum absolute atomic E-state index is 0. The van der Waals surface area contributed by atoms with Crippen molar-refractivity contribution in [2.45, 2.75) is 0 Å². The number of fused-ring (bicyclic) bond motifs is 3. The van der Waals surface area contributed by atoms with Crippen molar-refractivity contribution in [3.05, 3.63) is 89.0 Å². The van der Waals surface area contributed by atoms with Crippen molar-refractivity contribution in [3.63, 3.8) is 0 Å². The summed E-state index contributed by atoms with van der Waals surface area (Å²) in [5.41, 5.74) is 5.47. The fourth-order valence-corrected chi connectivity index (χ4v) is 4.03. The van der Waals surface area contributed by atoms with Crippen LogP contribution in [0.4, 0.5) is 28.4 Å². The number of hydrogen-bond acceptors (Lipinski definition) is 6. The smallest absolute Gasteiger partial charge is 0.279 e. The molecule has 0 saturated heterocycles. The lowest BCUT2D eigenvalue weighted by Crippen LogP contribution is -3.00. The number of methoxy groups -OCH3 is 2. The van der Waals surface area contributed by atoms with Crippen LogP contribution in [0.3, 0.4) is 0 Å². The molecule has 0 fully saturated rings. The molecular formula is C24H21BrN4O4. The van der Waals surface area contributed by atoms with Gasteiger partial charge in [0.1, 0.15) is 22.9 Å². The van der Waals surface area contributed by atoms with Crippen molar-refractivity contribution in [1.82, 2.24) is 0 Å². The maximum atomic E-state index is 11.9. The van der Waals surface area contributed by atoms with Crippen LogP contribution in [0.15, 0.2) is 78.9 Å². The van der Waals surface area contributed by atoms with Gasteiger partial charge in [-0.3, -0.25) is 10.1 Å². The Morgan fingerprint density at radius 2 is 1.36 bits per heavy atom. The van der Waals surface area contributed by atoms with Gasteiger partial charge >= 0.3 is 0 Å². The molecule has 0 aromatic heterocycles. The molecule has 168 valence electrons. The number of ether oxygens (including phenoxy) is 2. The number of rotatable bonds is 5. The Morgan fingerprint density at radius 3 is 1.91 bits per heavy atom. The number of anilines is 3. The predicted molar refractivity (Wildman–Crippen MR) is 123 cm³/mol. The molecule has 1 heterocycles. The number of benzene rings is 4. The van der Waals surface area contributed by atoms with Gasteiger partial charge in [0.2, 0.25) is 0 Å².